The number of aromatic amines is 1. The number of nitrogens with one attached hydrogen (secondary N) is 1. The Morgan fingerprint density at radius 3 is 2.50 bits per heavy atom. The average Bonchev–Trinajstić information content (AvgIpc) is 2.83. The summed E-state index contributed by atoms with van der Waals surface area (Å²) in [7, 11) is 0. The first kappa shape index (κ1) is 14.4. The van der Waals surface area contributed by atoms with Crippen molar-refractivity contribution in [2.45, 2.75) is 20.5 Å². The lowest BCUT2D eigenvalue weighted by molar-refractivity contribution is -0.0498. The number of nitrogens with zero attached hydrogens (tertiary/aromatic N) is 1. The van der Waals surface area contributed by atoms with E-state index in [2.05, 4.69) is 14.9 Å². The van der Waals surface area contributed by atoms with Gasteiger partial charge in [-0.05, 0) is 23.8 Å². The Bertz CT molecular complexity index is 475. The number of hydrogen-bond acceptors (Lipinski definition) is 2. The Balaban J connectivity index is 0.000000771. The number of ether oxygens (including phenoxy) is 1. The molecule has 0 saturated heterocycles. The number of hydrogen-bond donors (Lipinski definition) is 1. The SMILES string of the molecule is CC.FC(F)Oc1cc(Cl)cc(-c2cn[nH]c2)c1. The minimum absolute atomic E-state index is 0.0266. The molecule has 0 radical (unpaired) electrons. The van der Waals surface area contributed by atoms with Gasteiger partial charge in [-0.25, -0.2) is 0 Å². The second-order valence-electron chi connectivity index (χ2n) is 3.04. The lowest BCUT2D eigenvalue weighted by Crippen LogP contribution is -2.01. The number of rotatable bonds is 3. The Kier molecular flexibility index (Phi) is 5.58. The smallest absolute Gasteiger partial charge is 0.387 e. The summed E-state index contributed by atoms with van der Waals surface area (Å²) in [5.41, 5.74) is 1.42. The first-order valence-corrected chi connectivity index (χ1v) is 5.77. The van der Waals surface area contributed by atoms with Crippen LogP contribution in [0.5, 0.6) is 5.75 Å². The minimum atomic E-state index is -2.87. The monoisotopic (exact) mass is 274 g/mol. The van der Waals surface area contributed by atoms with E-state index in [4.69, 9.17) is 11.6 Å². The van der Waals surface area contributed by atoms with E-state index in [1.807, 2.05) is 13.8 Å². The fourth-order valence-electron chi connectivity index (χ4n) is 1.31. The Hall–Kier alpha value is -1.62. The summed E-state index contributed by atoms with van der Waals surface area (Å²) < 4.78 is 28.4. The van der Waals surface area contributed by atoms with Gasteiger partial charge in [0.1, 0.15) is 5.75 Å². The van der Waals surface area contributed by atoms with Gasteiger partial charge in [0.05, 0.1) is 6.20 Å². The first-order chi connectivity index (χ1) is 8.65. The summed E-state index contributed by atoms with van der Waals surface area (Å²) in [6.07, 6.45) is 3.20. The largest absolute Gasteiger partial charge is 0.435 e. The van der Waals surface area contributed by atoms with E-state index in [9.17, 15) is 8.78 Å². The van der Waals surface area contributed by atoms with Gasteiger partial charge in [-0.2, -0.15) is 13.9 Å². The standard InChI is InChI=1S/C10H7ClF2N2O.C2H6/c11-8-1-6(7-4-14-15-5-7)2-9(3-8)16-10(12)13;1-2/h1-5,10H,(H,14,15);1-2H3. The minimum Gasteiger partial charge on any atom is -0.435 e. The van der Waals surface area contributed by atoms with Crippen LogP contribution in [0.15, 0.2) is 30.6 Å². The van der Waals surface area contributed by atoms with Gasteiger partial charge < -0.3 is 4.74 Å². The molecule has 0 aliphatic carbocycles. The number of H-pyrrole nitrogens is 1. The third kappa shape index (κ3) is 4.00. The lowest BCUT2D eigenvalue weighted by Gasteiger charge is -2.06. The summed E-state index contributed by atoms with van der Waals surface area (Å²) >= 11 is 5.79. The summed E-state index contributed by atoms with van der Waals surface area (Å²) in [5.74, 6) is 0.0266. The van der Waals surface area contributed by atoms with Crippen LogP contribution in [-0.2, 0) is 0 Å². The van der Waals surface area contributed by atoms with E-state index < -0.39 is 6.61 Å². The molecule has 2 aromatic rings. The fourth-order valence-corrected chi connectivity index (χ4v) is 1.53. The lowest BCUT2D eigenvalue weighted by atomic mass is 10.1. The highest BCUT2D eigenvalue weighted by Crippen LogP contribution is 2.28. The molecule has 1 heterocycles. The van der Waals surface area contributed by atoms with Gasteiger partial charge in [0.2, 0.25) is 0 Å². The molecule has 3 nitrogen and oxygen atoms in total. The predicted molar refractivity (Wildman–Crippen MR) is 67.0 cm³/mol. The third-order valence-electron chi connectivity index (χ3n) is 1.93. The summed E-state index contributed by atoms with van der Waals surface area (Å²) in [5, 5.41) is 6.72. The summed E-state index contributed by atoms with van der Waals surface area (Å²) in [6.45, 7) is 1.13. The summed E-state index contributed by atoms with van der Waals surface area (Å²) in [6, 6.07) is 4.45. The van der Waals surface area contributed by atoms with E-state index in [1.54, 1.807) is 18.5 Å². The van der Waals surface area contributed by atoms with Crippen molar-refractivity contribution in [3.8, 4) is 16.9 Å². The van der Waals surface area contributed by atoms with Gasteiger partial charge in [-0.15, -0.1) is 0 Å². The van der Waals surface area contributed by atoms with Crippen LogP contribution in [0.2, 0.25) is 5.02 Å². The van der Waals surface area contributed by atoms with E-state index in [0.717, 1.165) is 5.56 Å². The molecule has 0 spiro atoms. The van der Waals surface area contributed by atoms with E-state index in [1.165, 1.54) is 12.1 Å². The molecule has 0 aliphatic rings. The Morgan fingerprint density at radius 2 is 1.94 bits per heavy atom. The van der Waals surface area contributed by atoms with Crippen LogP contribution >= 0.6 is 11.6 Å². The molecule has 0 atom stereocenters. The maximum atomic E-state index is 12.0. The zero-order valence-electron chi connectivity index (χ0n) is 9.95. The van der Waals surface area contributed by atoms with Crippen molar-refractivity contribution in [2.24, 2.45) is 0 Å². The Morgan fingerprint density at radius 1 is 1.22 bits per heavy atom. The van der Waals surface area contributed by atoms with E-state index >= 15 is 0 Å². The fraction of sp³-hybridized carbons (Fsp3) is 0.250. The number of alkyl halides is 2. The highest BCUT2D eigenvalue weighted by molar-refractivity contribution is 6.31. The van der Waals surface area contributed by atoms with Gasteiger partial charge in [-0.3, -0.25) is 5.10 Å². The number of halogens is 3. The molecular weight excluding hydrogens is 262 g/mol. The van der Waals surface area contributed by atoms with Gasteiger partial charge in [0, 0.05) is 16.8 Å². The van der Waals surface area contributed by atoms with Crippen LogP contribution in [0.25, 0.3) is 11.1 Å². The molecule has 1 aromatic carbocycles. The van der Waals surface area contributed by atoms with Crippen molar-refractivity contribution >= 4 is 11.6 Å². The molecule has 2 rings (SSSR count). The molecular formula is C12H13ClF2N2O. The van der Waals surface area contributed by atoms with Gasteiger partial charge in [0.25, 0.3) is 0 Å². The molecule has 6 heteroatoms. The van der Waals surface area contributed by atoms with Crippen LogP contribution in [0.4, 0.5) is 8.78 Å². The maximum absolute atomic E-state index is 12.0. The van der Waals surface area contributed by atoms with E-state index in [-0.39, 0.29) is 5.75 Å². The second kappa shape index (κ2) is 6.96. The van der Waals surface area contributed by atoms with Crippen LogP contribution in [0.1, 0.15) is 13.8 Å². The Labute approximate surface area is 109 Å². The molecule has 98 valence electrons. The topological polar surface area (TPSA) is 37.9 Å². The third-order valence-corrected chi connectivity index (χ3v) is 2.15. The van der Waals surface area contributed by atoms with Crippen LogP contribution < -0.4 is 4.74 Å². The van der Waals surface area contributed by atoms with Crippen molar-refractivity contribution in [1.29, 1.82) is 0 Å². The number of benzene rings is 1. The van der Waals surface area contributed by atoms with Crippen molar-refractivity contribution < 1.29 is 13.5 Å². The quantitative estimate of drug-likeness (QED) is 0.903. The highest BCUT2D eigenvalue weighted by Gasteiger charge is 2.08. The van der Waals surface area contributed by atoms with Crippen molar-refractivity contribution in [3.05, 3.63) is 35.6 Å². The number of aromatic nitrogens is 2. The zero-order chi connectivity index (χ0) is 13.5. The van der Waals surface area contributed by atoms with Crippen LogP contribution in [0.3, 0.4) is 0 Å². The van der Waals surface area contributed by atoms with Crippen molar-refractivity contribution in [2.75, 3.05) is 0 Å². The van der Waals surface area contributed by atoms with Crippen LogP contribution in [0, 0.1) is 0 Å². The molecule has 0 aliphatic heterocycles. The molecule has 0 saturated carbocycles. The average molecular weight is 275 g/mol. The zero-order valence-corrected chi connectivity index (χ0v) is 10.7. The molecule has 18 heavy (non-hydrogen) atoms. The van der Waals surface area contributed by atoms with Crippen molar-refractivity contribution in [1.82, 2.24) is 10.2 Å². The molecule has 0 fully saturated rings. The molecule has 0 bridgehead atoms. The second-order valence-corrected chi connectivity index (χ2v) is 3.48. The molecule has 1 aromatic heterocycles. The van der Waals surface area contributed by atoms with Crippen molar-refractivity contribution in [3.63, 3.8) is 0 Å². The van der Waals surface area contributed by atoms with Gasteiger partial charge >= 0.3 is 6.61 Å². The molecule has 0 unspecified atom stereocenters. The molecule has 0 amide bonds. The predicted octanol–water partition coefficient (Wildman–Crippen LogP) is 4.36. The van der Waals surface area contributed by atoms with Crippen LogP contribution in [-0.4, -0.2) is 16.8 Å². The molecule has 1 N–H and O–H groups in total. The maximum Gasteiger partial charge on any atom is 0.387 e. The van der Waals surface area contributed by atoms with E-state index in [0.29, 0.717) is 10.6 Å². The normalized spacial score (nSPS) is 9.89. The first-order valence-electron chi connectivity index (χ1n) is 5.40. The highest BCUT2D eigenvalue weighted by atomic mass is 35.5. The van der Waals surface area contributed by atoms with Gasteiger partial charge in [-0.1, -0.05) is 25.4 Å². The van der Waals surface area contributed by atoms with Gasteiger partial charge in [0.15, 0.2) is 0 Å². The summed E-state index contributed by atoms with van der Waals surface area (Å²) in [4.78, 5) is 0.